The van der Waals surface area contributed by atoms with Gasteiger partial charge in [-0.1, -0.05) is 30.3 Å². The minimum Gasteiger partial charge on any atom is -0.493 e. The predicted molar refractivity (Wildman–Crippen MR) is 125 cm³/mol. The SMILES string of the molecule is COc1cc(/C=C(/C#N)C(=O)Nc2ccccc2F)cc(Br)c1OCc1ccccc1C#N. The molecule has 3 rings (SSSR count). The Bertz CT molecular complexity index is 1310. The number of hydrogen-bond donors (Lipinski definition) is 1. The molecule has 0 spiro atoms. The molecule has 0 fully saturated rings. The van der Waals surface area contributed by atoms with E-state index < -0.39 is 11.7 Å². The van der Waals surface area contributed by atoms with Crippen LogP contribution in [0.15, 0.2) is 70.7 Å². The summed E-state index contributed by atoms with van der Waals surface area (Å²) < 4.78 is 25.6. The van der Waals surface area contributed by atoms with Gasteiger partial charge in [0, 0.05) is 5.56 Å². The molecule has 3 aromatic rings. The maximum Gasteiger partial charge on any atom is 0.266 e. The van der Waals surface area contributed by atoms with Gasteiger partial charge in [-0.2, -0.15) is 10.5 Å². The summed E-state index contributed by atoms with van der Waals surface area (Å²) in [6.07, 6.45) is 1.36. The molecule has 33 heavy (non-hydrogen) atoms. The molecule has 0 bridgehead atoms. The number of amides is 1. The molecule has 3 aromatic carbocycles. The Balaban J connectivity index is 1.85. The Kier molecular flexibility index (Phi) is 7.80. The number of methoxy groups -OCH3 is 1. The van der Waals surface area contributed by atoms with E-state index in [4.69, 9.17) is 9.47 Å². The summed E-state index contributed by atoms with van der Waals surface area (Å²) >= 11 is 3.43. The van der Waals surface area contributed by atoms with Crippen molar-refractivity contribution in [2.24, 2.45) is 0 Å². The lowest BCUT2D eigenvalue weighted by Gasteiger charge is -2.14. The van der Waals surface area contributed by atoms with Crippen molar-refractivity contribution in [3.8, 4) is 23.6 Å². The van der Waals surface area contributed by atoms with Crippen molar-refractivity contribution in [1.82, 2.24) is 0 Å². The van der Waals surface area contributed by atoms with Gasteiger partial charge in [0.1, 0.15) is 24.1 Å². The summed E-state index contributed by atoms with van der Waals surface area (Å²) in [4.78, 5) is 12.5. The quantitative estimate of drug-likeness (QED) is 0.333. The largest absolute Gasteiger partial charge is 0.493 e. The molecule has 0 atom stereocenters. The molecule has 164 valence electrons. The molecule has 0 heterocycles. The molecule has 0 saturated carbocycles. The molecule has 0 unspecified atom stereocenters. The second-order valence-electron chi connectivity index (χ2n) is 6.70. The first-order chi connectivity index (χ1) is 16.0. The monoisotopic (exact) mass is 505 g/mol. The fourth-order valence-electron chi connectivity index (χ4n) is 2.94. The van der Waals surface area contributed by atoms with E-state index in [1.807, 2.05) is 12.1 Å². The van der Waals surface area contributed by atoms with Crippen molar-refractivity contribution in [2.45, 2.75) is 6.61 Å². The van der Waals surface area contributed by atoms with Crippen LogP contribution in [0.3, 0.4) is 0 Å². The number of para-hydroxylation sites is 1. The fourth-order valence-corrected chi connectivity index (χ4v) is 3.51. The van der Waals surface area contributed by atoms with Gasteiger partial charge in [0.15, 0.2) is 11.5 Å². The van der Waals surface area contributed by atoms with Gasteiger partial charge in [0.2, 0.25) is 0 Å². The number of benzene rings is 3. The van der Waals surface area contributed by atoms with Crippen molar-refractivity contribution in [2.75, 3.05) is 12.4 Å². The smallest absolute Gasteiger partial charge is 0.266 e. The lowest BCUT2D eigenvalue weighted by atomic mass is 10.1. The zero-order valence-corrected chi connectivity index (χ0v) is 19.0. The van der Waals surface area contributed by atoms with Gasteiger partial charge in [-0.05, 0) is 57.9 Å². The first-order valence-electron chi connectivity index (χ1n) is 9.62. The van der Waals surface area contributed by atoms with E-state index in [-0.39, 0.29) is 17.9 Å². The number of ether oxygens (including phenoxy) is 2. The summed E-state index contributed by atoms with van der Waals surface area (Å²) in [7, 11) is 1.46. The Labute approximate surface area is 198 Å². The van der Waals surface area contributed by atoms with Crippen LogP contribution in [-0.2, 0) is 11.4 Å². The highest BCUT2D eigenvalue weighted by Gasteiger charge is 2.15. The highest BCUT2D eigenvalue weighted by atomic mass is 79.9. The highest BCUT2D eigenvalue weighted by Crippen LogP contribution is 2.38. The first-order valence-corrected chi connectivity index (χ1v) is 10.4. The standard InChI is InChI=1S/C25H17BrFN3O3/c1-32-23-12-16(10-19(14-29)25(31)30-22-9-5-4-8-21(22)27)11-20(26)24(23)33-15-18-7-3-2-6-17(18)13-28/h2-12H,15H2,1H3,(H,30,31)/b19-10-. The molecule has 1 N–H and O–H groups in total. The van der Waals surface area contributed by atoms with Gasteiger partial charge in [0.25, 0.3) is 5.91 Å². The zero-order valence-electron chi connectivity index (χ0n) is 17.4. The molecule has 0 saturated heterocycles. The summed E-state index contributed by atoms with van der Waals surface area (Å²) in [5.74, 6) is -0.591. The molecule has 0 radical (unpaired) electrons. The molecular weight excluding hydrogens is 489 g/mol. The highest BCUT2D eigenvalue weighted by molar-refractivity contribution is 9.10. The lowest BCUT2D eigenvalue weighted by molar-refractivity contribution is -0.112. The summed E-state index contributed by atoms with van der Waals surface area (Å²) in [6, 6.07) is 20.0. The van der Waals surface area contributed by atoms with Crippen LogP contribution in [0.2, 0.25) is 0 Å². The van der Waals surface area contributed by atoms with Crippen LogP contribution in [0.5, 0.6) is 11.5 Å². The minimum absolute atomic E-state index is 0.0243. The molecule has 0 aliphatic carbocycles. The van der Waals surface area contributed by atoms with Crippen LogP contribution in [0.4, 0.5) is 10.1 Å². The zero-order chi connectivity index (χ0) is 23.8. The van der Waals surface area contributed by atoms with Crippen molar-refractivity contribution in [3.63, 3.8) is 0 Å². The normalized spacial score (nSPS) is 10.6. The third kappa shape index (κ3) is 5.76. The maximum atomic E-state index is 13.8. The van der Waals surface area contributed by atoms with Crippen LogP contribution in [0.25, 0.3) is 6.08 Å². The molecule has 0 aliphatic rings. The number of nitrogens with zero attached hydrogens (tertiary/aromatic N) is 2. The molecular formula is C25H17BrFN3O3. The minimum atomic E-state index is -0.744. The Morgan fingerprint density at radius 3 is 2.58 bits per heavy atom. The maximum absolute atomic E-state index is 13.8. The average Bonchev–Trinajstić information content (AvgIpc) is 2.83. The average molecular weight is 506 g/mol. The van der Waals surface area contributed by atoms with Crippen LogP contribution >= 0.6 is 15.9 Å². The lowest BCUT2D eigenvalue weighted by Crippen LogP contribution is -2.14. The summed E-state index contributed by atoms with van der Waals surface area (Å²) in [5.41, 5.74) is 1.47. The van der Waals surface area contributed by atoms with E-state index in [1.54, 1.807) is 36.4 Å². The topological polar surface area (TPSA) is 95.1 Å². The predicted octanol–water partition coefficient (Wildman–Crippen LogP) is 5.59. The first kappa shape index (κ1) is 23.5. The number of nitrogens with one attached hydrogen (secondary N) is 1. The molecule has 0 aliphatic heterocycles. The molecule has 8 heteroatoms. The van der Waals surface area contributed by atoms with Crippen LogP contribution in [0, 0.1) is 28.5 Å². The second kappa shape index (κ2) is 10.9. The van der Waals surface area contributed by atoms with E-state index in [1.165, 1.54) is 31.4 Å². The Hall–Kier alpha value is -4.14. The van der Waals surface area contributed by atoms with Crippen molar-refractivity contribution in [3.05, 3.63) is 93.2 Å². The molecule has 6 nitrogen and oxygen atoms in total. The van der Waals surface area contributed by atoms with Crippen molar-refractivity contribution < 1.29 is 18.7 Å². The number of hydrogen-bond acceptors (Lipinski definition) is 5. The van der Waals surface area contributed by atoms with Gasteiger partial charge < -0.3 is 14.8 Å². The number of carbonyl (C=O) groups excluding carboxylic acids is 1. The number of nitriles is 2. The summed E-state index contributed by atoms with van der Waals surface area (Å²) in [6.45, 7) is 0.141. The van der Waals surface area contributed by atoms with Gasteiger partial charge in [-0.3, -0.25) is 4.79 Å². The Morgan fingerprint density at radius 1 is 1.15 bits per heavy atom. The molecule has 1 amide bonds. The van der Waals surface area contributed by atoms with Crippen LogP contribution in [-0.4, -0.2) is 13.0 Å². The van der Waals surface area contributed by atoms with E-state index in [9.17, 15) is 19.7 Å². The van der Waals surface area contributed by atoms with E-state index >= 15 is 0 Å². The number of carbonyl (C=O) groups is 1. The van der Waals surface area contributed by atoms with Gasteiger partial charge >= 0.3 is 0 Å². The van der Waals surface area contributed by atoms with E-state index in [0.717, 1.165) is 5.56 Å². The Morgan fingerprint density at radius 2 is 1.88 bits per heavy atom. The van der Waals surface area contributed by atoms with E-state index in [2.05, 4.69) is 27.3 Å². The third-order valence-electron chi connectivity index (χ3n) is 4.56. The number of halogens is 2. The van der Waals surface area contributed by atoms with Gasteiger partial charge in [-0.25, -0.2) is 4.39 Å². The molecule has 0 aromatic heterocycles. The number of rotatable bonds is 7. The third-order valence-corrected chi connectivity index (χ3v) is 5.15. The van der Waals surface area contributed by atoms with Crippen LogP contribution in [0.1, 0.15) is 16.7 Å². The second-order valence-corrected chi connectivity index (χ2v) is 7.55. The summed E-state index contributed by atoms with van der Waals surface area (Å²) in [5, 5.41) is 21.1. The van der Waals surface area contributed by atoms with Gasteiger partial charge in [-0.15, -0.1) is 0 Å². The number of anilines is 1. The van der Waals surface area contributed by atoms with E-state index in [0.29, 0.717) is 27.1 Å². The van der Waals surface area contributed by atoms with Crippen LogP contribution < -0.4 is 14.8 Å². The van der Waals surface area contributed by atoms with Crippen molar-refractivity contribution >= 4 is 33.6 Å². The fraction of sp³-hybridized carbons (Fsp3) is 0.0800. The van der Waals surface area contributed by atoms with Gasteiger partial charge in [0.05, 0.1) is 28.9 Å². The van der Waals surface area contributed by atoms with Crippen molar-refractivity contribution in [1.29, 1.82) is 10.5 Å².